The minimum absolute atomic E-state index is 0.336. The van der Waals surface area contributed by atoms with Crippen LogP contribution < -0.4 is 10.6 Å². The van der Waals surface area contributed by atoms with Crippen LogP contribution in [0.15, 0.2) is 6.07 Å². The molecule has 0 saturated carbocycles. The largest absolute Gasteiger partial charge is 0.388 e. The lowest BCUT2D eigenvalue weighted by atomic mass is 9.82. The third-order valence-electron chi connectivity index (χ3n) is 4.32. The van der Waals surface area contributed by atoms with Crippen LogP contribution in [0.3, 0.4) is 0 Å². The molecule has 0 atom stereocenters. The molecule has 1 aliphatic rings. The fourth-order valence-corrected chi connectivity index (χ4v) is 2.86. The van der Waals surface area contributed by atoms with E-state index in [0.29, 0.717) is 16.1 Å². The molecular weight excluding hydrogens is 256 g/mol. The molecule has 1 aromatic heterocycles. The van der Waals surface area contributed by atoms with E-state index < -0.39 is 0 Å². The lowest BCUT2D eigenvalue weighted by molar-refractivity contribution is 0.301. The maximum atomic E-state index is 5.68. The van der Waals surface area contributed by atoms with Gasteiger partial charge in [0.25, 0.3) is 0 Å². The van der Waals surface area contributed by atoms with Crippen molar-refractivity contribution in [1.82, 2.24) is 9.97 Å². The normalized spacial score (nSPS) is 17.7. The molecule has 5 heteroatoms. The lowest BCUT2D eigenvalue weighted by Crippen LogP contribution is -2.28. The molecule has 0 amide bonds. The number of rotatable bonds is 4. The van der Waals surface area contributed by atoms with Gasteiger partial charge in [-0.25, -0.2) is 9.97 Å². The molecule has 0 radical (unpaired) electrons. The van der Waals surface area contributed by atoms with Gasteiger partial charge >= 0.3 is 0 Å². The smallest absolute Gasteiger partial charge is 0.226 e. The molecule has 0 bridgehead atoms. The summed E-state index contributed by atoms with van der Waals surface area (Å²) in [6, 6.07) is 1.84. The Morgan fingerprint density at radius 1 is 1.42 bits per heavy atom. The second-order valence-electron chi connectivity index (χ2n) is 5.44. The molecule has 1 aliphatic heterocycles. The Morgan fingerprint density at radius 3 is 2.63 bits per heavy atom. The van der Waals surface area contributed by atoms with E-state index in [9.17, 15) is 0 Å². The summed E-state index contributed by atoms with van der Waals surface area (Å²) < 4.78 is 0. The number of anilines is 1. The van der Waals surface area contributed by atoms with Crippen LogP contribution in [0, 0.1) is 12.3 Å². The summed E-state index contributed by atoms with van der Waals surface area (Å²) in [4.78, 5) is 11.6. The van der Waals surface area contributed by atoms with Crippen molar-refractivity contribution in [2.45, 2.75) is 40.0 Å². The molecule has 0 unspecified atom stereocenters. The fraction of sp³-hybridized carbons (Fsp3) is 0.643. The molecule has 104 valence electrons. The van der Waals surface area contributed by atoms with Gasteiger partial charge in [-0.1, -0.05) is 26.1 Å². The lowest BCUT2D eigenvalue weighted by Gasteiger charge is -2.26. The van der Waals surface area contributed by atoms with Crippen molar-refractivity contribution >= 4 is 23.2 Å². The summed E-state index contributed by atoms with van der Waals surface area (Å²) in [6.07, 6.45) is 3.61. The third-order valence-corrected chi connectivity index (χ3v) is 4.53. The van der Waals surface area contributed by atoms with E-state index in [4.69, 9.17) is 18.0 Å². The van der Waals surface area contributed by atoms with Crippen LogP contribution in [-0.4, -0.2) is 28.0 Å². The van der Waals surface area contributed by atoms with Crippen LogP contribution >= 0.6 is 12.2 Å². The van der Waals surface area contributed by atoms with Crippen LogP contribution in [0.2, 0.25) is 0 Å². The molecule has 1 aromatic rings. The Kier molecular flexibility index (Phi) is 4.04. The van der Waals surface area contributed by atoms with Gasteiger partial charge in [-0.15, -0.1) is 0 Å². The van der Waals surface area contributed by atoms with E-state index in [0.717, 1.165) is 24.7 Å². The van der Waals surface area contributed by atoms with Crippen LogP contribution in [0.4, 0.5) is 5.95 Å². The van der Waals surface area contributed by atoms with Crippen molar-refractivity contribution in [3.63, 3.8) is 0 Å². The summed E-state index contributed by atoms with van der Waals surface area (Å²) in [6.45, 7) is 8.53. The van der Waals surface area contributed by atoms with Gasteiger partial charge in [-0.05, 0) is 37.7 Å². The third kappa shape index (κ3) is 2.86. The zero-order chi connectivity index (χ0) is 14.0. The topological polar surface area (TPSA) is 55.0 Å². The van der Waals surface area contributed by atoms with E-state index in [1.807, 2.05) is 13.0 Å². The summed E-state index contributed by atoms with van der Waals surface area (Å²) in [5, 5.41) is 0. The fourth-order valence-electron chi connectivity index (χ4n) is 2.75. The number of nitrogens with zero attached hydrogens (tertiary/aromatic N) is 3. The zero-order valence-electron chi connectivity index (χ0n) is 11.9. The molecule has 1 saturated heterocycles. The molecule has 2 rings (SSSR count). The number of nitrogens with two attached hydrogens (primary N) is 1. The van der Waals surface area contributed by atoms with E-state index in [1.165, 1.54) is 19.3 Å². The van der Waals surface area contributed by atoms with Crippen LogP contribution in [0.25, 0.3) is 0 Å². The summed E-state index contributed by atoms with van der Waals surface area (Å²) >= 11 is 5.02. The van der Waals surface area contributed by atoms with Crippen LogP contribution in [0.5, 0.6) is 0 Å². The highest BCUT2D eigenvalue weighted by Gasteiger charge is 2.36. The molecule has 19 heavy (non-hydrogen) atoms. The van der Waals surface area contributed by atoms with E-state index in [1.54, 1.807) is 0 Å². The number of thiocarbonyl (C=S) groups is 1. The standard InChI is InChI=1S/C14H22N4S/c1-4-14(5-2)6-7-18(9-14)13-16-10(3)8-11(17-13)12(15)19/h8H,4-7,9H2,1-3H3,(H2,15,19). The maximum absolute atomic E-state index is 5.68. The highest BCUT2D eigenvalue weighted by Crippen LogP contribution is 2.38. The number of aromatic nitrogens is 2. The van der Waals surface area contributed by atoms with Gasteiger partial charge in [0.05, 0.1) is 0 Å². The second kappa shape index (κ2) is 5.41. The molecule has 0 aliphatic carbocycles. The predicted molar refractivity (Wildman–Crippen MR) is 82.5 cm³/mol. The number of hydrogen-bond acceptors (Lipinski definition) is 4. The molecule has 2 N–H and O–H groups in total. The summed E-state index contributed by atoms with van der Waals surface area (Å²) in [5.41, 5.74) is 7.68. The van der Waals surface area contributed by atoms with Crippen molar-refractivity contribution in [2.24, 2.45) is 11.1 Å². The average Bonchev–Trinajstić information content (AvgIpc) is 2.83. The minimum Gasteiger partial charge on any atom is -0.388 e. The first-order valence-corrected chi connectivity index (χ1v) is 7.31. The first-order valence-electron chi connectivity index (χ1n) is 6.90. The highest BCUT2D eigenvalue weighted by molar-refractivity contribution is 7.80. The van der Waals surface area contributed by atoms with E-state index >= 15 is 0 Å². The number of hydrogen-bond donors (Lipinski definition) is 1. The van der Waals surface area contributed by atoms with Gasteiger partial charge in [-0.3, -0.25) is 0 Å². The van der Waals surface area contributed by atoms with Crippen molar-refractivity contribution < 1.29 is 0 Å². The summed E-state index contributed by atoms with van der Waals surface area (Å²) in [5.74, 6) is 0.770. The van der Waals surface area contributed by atoms with Crippen molar-refractivity contribution in [1.29, 1.82) is 0 Å². The maximum Gasteiger partial charge on any atom is 0.226 e. The van der Waals surface area contributed by atoms with E-state index in [2.05, 4.69) is 28.7 Å². The highest BCUT2D eigenvalue weighted by atomic mass is 32.1. The predicted octanol–water partition coefficient (Wildman–Crippen LogP) is 2.44. The Balaban J connectivity index is 2.26. The molecule has 4 nitrogen and oxygen atoms in total. The van der Waals surface area contributed by atoms with Crippen LogP contribution in [-0.2, 0) is 0 Å². The Labute approximate surface area is 120 Å². The molecular formula is C14H22N4S. The van der Waals surface area contributed by atoms with Gasteiger partial charge in [0.2, 0.25) is 5.95 Å². The van der Waals surface area contributed by atoms with Gasteiger partial charge in [-0.2, -0.15) is 0 Å². The molecule has 0 aromatic carbocycles. The Morgan fingerprint density at radius 2 is 2.11 bits per heavy atom. The SMILES string of the molecule is CCC1(CC)CCN(c2nc(C)cc(C(N)=S)n2)C1. The zero-order valence-corrected chi connectivity index (χ0v) is 12.8. The van der Waals surface area contributed by atoms with Crippen LogP contribution in [0.1, 0.15) is 44.5 Å². The molecule has 2 heterocycles. The quantitative estimate of drug-likeness (QED) is 0.857. The van der Waals surface area contributed by atoms with E-state index in [-0.39, 0.29) is 0 Å². The van der Waals surface area contributed by atoms with Gasteiger partial charge < -0.3 is 10.6 Å². The van der Waals surface area contributed by atoms with Crippen molar-refractivity contribution in [3.05, 3.63) is 17.5 Å². The summed E-state index contributed by atoms with van der Waals surface area (Å²) in [7, 11) is 0. The van der Waals surface area contributed by atoms with Crippen molar-refractivity contribution in [2.75, 3.05) is 18.0 Å². The first kappa shape index (κ1) is 14.2. The first-order chi connectivity index (χ1) is 8.99. The van der Waals surface area contributed by atoms with Gasteiger partial charge in [0, 0.05) is 18.8 Å². The van der Waals surface area contributed by atoms with Gasteiger partial charge in [0.1, 0.15) is 10.7 Å². The van der Waals surface area contributed by atoms with Gasteiger partial charge in [0.15, 0.2) is 0 Å². The second-order valence-corrected chi connectivity index (χ2v) is 5.88. The van der Waals surface area contributed by atoms with Crippen molar-refractivity contribution in [3.8, 4) is 0 Å². The minimum atomic E-state index is 0.336. The Hall–Kier alpha value is -1.23. The average molecular weight is 278 g/mol. The number of aryl methyl sites for hydroxylation is 1. The molecule has 0 spiro atoms. The molecule has 1 fully saturated rings. The monoisotopic (exact) mass is 278 g/mol. The Bertz CT molecular complexity index is 482.